The Kier molecular flexibility index (Phi) is 5.34. The van der Waals surface area contributed by atoms with Gasteiger partial charge in [-0.15, -0.1) is 0 Å². The first-order chi connectivity index (χ1) is 8.45. The van der Waals surface area contributed by atoms with Gasteiger partial charge in [-0.3, -0.25) is 4.79 Å². The highest BCUT2D eigenvalue weighted by Crippen LogP contribution is 2.19. The molecule has 1 aromatic rings. The number of aromatic nitrogens is 2. The van der Waals surface area contributed by atoms with Gasteiger partial charge in [-0.1, -0.05) is 25.6 Å². The van der Waals surface area contributed by atoms with E-state index < -0.39 is 0 Å². The summed E-state index contributed by atoms with van der Waals surface area (Å²) in [6.07, 6.45) is 5.42. The number of thioether (sulfide) groups is 1. The van der Waals surface area contributed by atoms with E-state index in [-0.39, 0.29) is 11.7 Å². The topological polar surface area (TPSA) is 46.1 Å². The monoisotopic (exact) mass is 265 g/mol. The lowest BCUT2D eigenvalue weighted by atomic mass is 9.99. The SMILES string of the molecule is CSc1nccc(C(=CN(C)C)C(=O)C(C)C)n1. The predicted octanol–water partition coefficient (Wildman–Crippen LogP) is 2.33. The molecule has 5 heteroatoms. The van der Waals surface area contributed by atoms with Crippen molar-refractivity contribution in [2.75, 3.05) is 20.4 Å². The van der Waals surface area contributed by atoms with Gasteiger partial charge in [0.1, 0.15) is 0 Å². The summed E-state index contributed by atoms with van der Waals surface area (Å²) in [4.78, 5) is 22.6. The summed E-state index contributed by atoms with van der Waals surface area (Å²) in [5.74, 6) is 0.0401. The molecule has 98 valence electrons. The van der Waals surface area contributed by atoms with Crippen LogP contribution >= 0.6 is 11.8 Å². The van der Waals surface area contributed by atoms with Crippen LogP contribution in [0.3, 0.4) is 0 Å². The fraction of sp³-hybridized carbons (Fsp3) is 0.462. The first-order valence-corrected chi connectivity index (χ1v) is 6.98. The molecule has 0 bridgehead atoms. The Labute approximate surface area is 113 Å². The smallest absolute Gasteiger partial charge is 0.187 e. The molecule has 0 amide bonds. The maximum atomic E-state index is 12.2. The maximum absolute atomic E-state index is 12.2. The molecule has 0 unspecified atom stereocenters. The second-order valence-electron chi connectivity index (χ2n) is 4.45. The molecular weight excluding hydrogens is 246 g/mol. The van der Waals surface area contributed by atoms with E-state index in [1.807, 2.05) is 45.3 Å². The molecule has 0 atom stereocenters. The van der Waals surface area contributed by atoms with Crippen molar-refractivity contribution in [2.24, 2.45) is 5.92 Å². The van der Waals surface area contributed by atoms with Gasteiger partial charge in [0.25, 0.3) is 0 Å². The lowest BCUT2D eigenvalue weighted by Gasteiger charge is -2.13. The highest BCUT2D eigenvalue weighted by molar-refractivity contribution is 7.98. The number of Topliss-reactive ketones (excluding diaryl/α,β-unsaturated/α-hetero) is 1. The van der Waals surface area contributed by atoms with Crippen molar-refractivity contribution in [1.29, 1.82) is 0 Å². The Bertz CT molecular complexity index is 455. The number of allylic oxidation sites excluding steroid dienone is 1. The maximum Gasteiger partial charge on any atom is 0.187 e. The standard InChI is InChI=1S/C13H19N3OS/c1-9(2)12(17)10(8-16(3)4)11-6-7-14-13(15-11)18-5/h6-9H,1-5H3. The van der Waals surface area contributed by atoms with E-state index >= 15 is 0 Å². The van der Waals surface area contributed by atoms with Gasteiger partial charge in [0.15, 0.2) is 10.9 Å². The van der Waals surface area contributed by atoms with Crippen molar-refractivity contribution in [3.8, 4) is 0 Å². The summed E-state index contributed by atoms with van der Waals surface area (Å²) in [6, 6.07) is 1.77. The van der Waals surface area contributed by atoms with Crippen molar-refractivity contribution in [3.63, 3.8) is 0 Å². The summed E-state index contributed by atoms with van der Waals surface area (Å²) in [7, 11) is 3.79. The van der Waals surface area contributed by atoms with Crippen molar-refractivity contribution in [1.82, 2.24) is 14.9 Å². The molecule has 0 fully saturated rings. The summed E-state index contributed by atoms with van der Waals surface area (Å²) in [5.41, 5.74) is 1.31. The van der Waals surface area contributed by atoms with E-state index in [2.05, 4.69) is 9.97 Å². The molecule has 0 saturated carbocycles. The van der Waals surface area contributed by atoms with Gasteiger partial charge in [0.05, 0.1) is 11.3 Å². The number of ketones is 1. The predicted molar refractivity (Wildman–Crippen MR) is 75.3 cm³/mol. The zero-order valence-corrected chi connectivity index (χ0v) is 12.3. The molecule has 0 N–H and O–H groups in total. The first-order valence-electron chi connectivity index (χ1n) is 5.75. The number of hydrogen-bond acceptors (Lipinski definition) is 5. The van der Waals surface area contributed by atoms with E-state index in [0.29, 0.717) is 16.4 Å². The molecule has 0 saturated heterocycles. The first kappa shape index (κ1) is 14.7. The van der Waals surface area contributed by atoms with Crippen LogP contribution in [0.4, 0.5) is 0 Å². The van der Waals surface area contributed by atoms with Gasteiger partial charge in [-0.2, -0.15) is 0 Å². The molecular formula is C13H19N3OS. The molecule has 0 radical (unpaired) electrons. The fourth-order valence-corrected chi connectivity index (χ4v) is 1.77. The summed E-state index contributed by atoms with van der Waals surface area (Å²) in [6.45, 7) is 3.78. The van der Waals surface area contributed by atoms with Gasteiger partial charge in [0, 0.05) is 32.4 Å². The highest BCUT2D eigenvalue weighted by atomic mass is 32.2. The number of rotatable bonds is 5. The van der Waals surface area contributed by atoms with Crippen LogP contribution in [0, 0.1) is 5.92 Å². The molecule has 0 spiro atoms. The minimum Gasteiger partial charge on any atom is -0.383 e. The van der Waals surface area contributed by atoms with Crippen molar-refractivity contribution >= 4 is 23.1 Å². The molecule has 4 nitrogen and oxygen atoms in total. The zero-order chi connectivity index (χ0) is 13.7. The van der Waals surface area contributed by atoms with Crippen LogP contribution in [0.5, 0.6) is 0 Å². The van der Waals surface area contributed by atoms with Crippen LogP contribution in [0.25, 0.3) is 5.57 Å². The van der Waals surface area contributed by atoms with E-state index in [1.165, 1.54) is 11.8 Å². The van der Waals surface area contributed by atoms with Gasteiger partial charge in [0.2, 0.25) is 0 Å². The molecule has 0 aliphatic heterocycles. The third-order valence-electron chi connectivity index (χ3n) is 2.27. The van der Waals surface area contributed by atoms with E-state index in [1.54, 1.807) is 12.3 Å². The Morgan fingerprint density at radius 3 is 2.61 bits per heavy atom. The van der Waals surface area contributed by atoms with Crippen molar-refractivity contribution in [2.45, 2.75) is 19.0 Å². The van der Waals surface area contributed by atoms with E-state index in [4.69, 9.17) is 0 Å². The molecule has 1 aromatic heterocycles. The molecule has 0 aliphatic rings. The van der Waals surface area contributed by atoms with Gasteiger partial charge in [-0.25, -0.2) is 9.97 Å². The van der Waals surface area contributed by atoms with E-state index in [9.17, 15) is 4.79 Å². The van der Waals surface area contributed by atoms with Crippen LogP contribution in [0.2, 0.25) is 0 Å². The normalized spacial score (nSPS) is 11.8. The largest absolute Gasteiger partial charge is 0.383 e. The minimum atomic E-state index is -0.0519. The molecule has 0 aliphatic carbocycles. The van der Waals surface area contributed by atoms with E-state index in [0.717, 1.165) is 0 Å². The Morgan fingerprint density at radius 2 is 2.11 bits per heavy atom. The fourth-order valence-electron chi connectivity index (χ4n) is 1.41. The summed E-state index contributed by atoms with van der Waals surface area (Å²) >= 11 is 1.47. The molecule has 1 rings (SSSR count). The van der Waals surface area contributed by atoms with Crippen LogP contribution in [-0.4, -0.2) is 41.0 Å². The van der Waals surface area contributed by atoms with Gasteiger partial charge >= 0.3 is 0 Å². The zero-order valence-electron chi connectivity index (χ0n) is 11.5. The van der Waals surface area contributed by atoms with Gasteiger partial charge in [-0.05, 0) is 12.3 Å². The van der Waals surface area contributed by atoms with Crippen LogP contribution in [0.1, 0.15) is 19.5 Å². The average Bonchev–Trinajstić information content (AvgIpc) is 2.34. The molecule has 0 aromatic carbocycles. The number of carbonyl (C=O) groups excluding carboxylic acids is 1. The van der Waals surface area contributed by atoms with Crippen LogP contribution < -0.4 is 0 Å². The Morgan fingerprint density at radius 1 is 1.44 bits per heavy atom. The second kappa shape index (κ2) is 6.54. The highest BCUT2D eigenvalue weighted by Gasteiger charge is 2.17. The van der Waals surface area contributed by atoms with Crippen LogP contribution in [0.15, 0.2) is 23.6 Å². The molecule has 1 heterocycles. The quantitative estimate of drug-likeness (QED) is 0.464. The number of hydrogen-bond donors (Lipinski definition) is 0. The van der Waals surface area contributed by atoms with Gasteiger partial charge < -0.3 is 4.90 Å². The average molecular weight is 265 g/mol. The third kappa shape index (κ3) is 3.84. The Balaban J connectivity index is 3.22. The number of nitrogens with zero attached hydrogens (tertiary/aromatic N) is 3. The number of carbonyl (C=O) groups is 1. The Hall–Kier alpha value is -1.36. The lowest BCUT2D eigenvalue weighted by Crippen LogP contribution is -2.14. The summed E-state index contributed by atoms with van der Waals surface area (Å²) < 4.78 is 0. The molecule has 18 heavy (non-hydrogen) atoms. The second-order valence-corrected chi connectivity index (χ2v) is 5.23. The summed E-state index contributed by atoms with van der Waals surface area (Å²) in [5, 5.41) is 0.675. The van der Waals surface area contributed by atoms with Crippen molar-refractivity contribution < 1.29 is 4.79 Å². The lowest BCUT2D eigenvalue weighted by molar-refractivity contribution is -0.116. The third-order valence-corrected chi connectivity index (χ3v) is 2.83. The van der Waals surface area contributed by atoms with Crippen LogP contribution in [-0.2, 0) is 4.79 Å². The van der Waals surface area contributed by atoms with Crippen molar-refractivity contribution in [3.05, 3.63) is 24.2 Å². The minimum absolute atomic E-state index is 0.0519.